The fraction of sp³-hybridized carbons (Fsp3) is 0.467. The summed E-state index contributed by atoms with van der Waals surface area (Å²) in [7, 11) is 1.22. The Morgan fingerprint density at radius 3 is 2.57 bits per heavy atom. The molecule has 0 amide bonds. The topological polar surface area (TPSA) is 112 Å². The number of hydrogen-bond donors (Lipinski definition) is 0. The van der Waals surface area contributed by atoms with E-state index in [9.17, 15) is 14.4 Å². The number of esters is 3. The highest BCUT2D eigenvalue weighted by Gasteiger charge is 2.34. The van der Waals surface area contributed by atoms with E-state index in [1.165, 1.54) is 33.1 Å². The van der Waals surface area contributed by atoms with Crippen molar-refractivity contribution in [3.05, 3.63) is 23.8 Å². The standard InChI is InChI=1S/C15H17NO7/c1-9(17)21-8-14-12(22-10(2)18)6-11(13(7-16)23-14)4-5-15(19)20-3/h4-6,12-14H,8H2,1-3H3/b5-4+/t12-,13-,14+/m0/s1. The fourth-order valence-corrected chi connectivity index (χ4v) is 1.83. The van der Waals surface area contributed by atoms with Gasteiger partial charge in [0.15, 0.2) is 12.2 Å². The molecule has 3 atom stereocenters. The quantitative estimate of drug-likeness (QED) is 0.407. The summed E-state index contributed by atoms with van der Waals surface area (Å²) in [6.45, 7) is 2.28. The molecule has 0 unspecified atom stereocenters. The highest BCUT2D eigenvalue weighted by molar-refractivity contribution is 5.82. The third kappa shape index (κ3) is 5.92. The van der Waals surface area contributed by atoms with Crippen LogP contribution in [0.2, 0.25) is 0 Å². The molecule has 1 heterocycles. The van der Waals surface area contributed by atoms with Gasteiger partial charge in [0.2, 0.25) is 0 Å². The normalized spacial score (nSPS) is 23.6. The SMILES string of the molecule is COC(=O)/C=C/C1=C[C@H](OC(C)=O)[C@@H](COC(C)=O)O[C@H]1C#N. The van der Waals surface area contributed by atoms with Crippen LogP contribution in [0.15, 0.2) is 23.8 Å². The number of rotatable bonds is 5. The minimum Gasteiger partial charge on any atom is -0.466 e. The minimum atomic E-state index is -0.997. The molecule has 0 radical (unpaired) electrons. The molecule has 1 aliphatic heterocycles. The largest absolute Gasteiger partial charge is 0.466 e. The van der Waals surface area contributed by atoms with E-state index in [0.717, 1.165) is 6.08 Å². The zero-order chi connectivity index (χ0) is 17.4. The van der Waals surface area contributed by atoms with Gasteiger partial charge in [-0.05, 0) is 17.7 Å². The molecule has 0 aromatic carbocycles. The van der Waals surface area contributed by atoms with E-state index in [2.05, 4.69) is 4.74 Å². The number of ether oxygens (including phenoxy) is 4. The molecule has 1 rings (SSSR count). The second kappa shape index (κ2) is 8.70. The number of carbonyl (C=O) groups is 3. The van der Waals surface area contributed by atoms with Crippen LogP contribution in [-0.2, 0) is 33.3 Å². The lowest BCUT2D eigenvalue weighted by Gasteiger charge is -2.31. The monoisotopic (exact) mass is 323 g/mol. The summed E-state index contributed by atoms with van der Waals surface area (Å²) in [4.78, 5) is 33.3. The Morgan fingerprint density at radius 2 is 2.04 bits per heavy atom. The first-order valence-electron chi connectivity index (χ1n) is 6.70. The molecule has 0 aromatic rings. The summed E-state index contributed by atoms with van der Waals surface area (Å²) in [6, 6.07) is 1.91. The molecule has 0 N–H and O–H groups in total. The first-order valence-corrected chi connectivity index (χ1v) is 6.70. The maximum absolute atomic E-state index is 11.2. The number of nitrogens with zero attached hydrogens (tertiary/aromatic N) is 1. The number of methoxy groups -OCH3 is 1. The van der Waals surface area contributed by atoms with E-state index >= 15 is 0 Å². The molecular weight excluding hydrogens is 306 g/mol. The van der Waals surface area contributed by atoms with Crippen molar-refractivity contribution in [3.8, 4) is 6.07 Å². The summed E-state index contributed by atoms with van der Waals surface area (Å²) in [5.74, 6) is -1.69. The van der Waals surface area contributed by atoms with Crippen LogP contribution < -0.4 is 0 Å². The summed E-state index contributed by atoms with van der Waals surface area (Å²) >= 11 is 0. The molecule has 0 saturated carbocycles. The number of hydrogen-bond acceptors (Lipinski definition) is 8. The molecule has 0 aliphatic carbocycles. The Bertz CT molecular complexity index is 573. The van der Waals surface area contributed by atoms with Gasteiger partial charge < -0.3 is 18.9 Å². The lowest BCUT2D eigenvalue weighted by molar-refractivity contribution is -0.161. The fourth-order valence-electron chi connectivity index (χ4n) is 1.83. The van der Waals surface area contributed by atoms with Crippen LogP contribution in [0.3, 0.4) is 0 Å². The van der Waals surface area contributed by atoms with Crippen LogP contribution in [0, 0.1) is 11.3 Å². The van der Waals surface area contributed by atoms with Gasteiger partial charge in [0.25, 0.3) is 0 Å². The predicted octanol–water partition coefficient (Wildman–Crippen LogP) is 0.428. The van der Waals surface area contributed by atoms with Crippen LogP contribution in [0.5, 0.6) is 0 Å². The number of nitriles is 1. The van der Waals surface area contributed by atoms with Crippen LogP contribution in [0.4, 0.5) is 0 Å². The van der Waals surface area contributed by atoms with E-state index < -0.39 is 36.2 Å². The van der Waals surface area contributed by atoms with Crippen molar-refractivity contribution in [2.75, 3.05) is 13.7 Å². The zero-order valence-corrected chi connectivity index (χ0v) is 13.0. The van der Waals surface area contributed by atoms with Gasteiger partial charge in [0, 0.05) is 19.9 Å². The number of carbonyl (C=O) groups excluding carboxylic acids is 3. The second-order valence-corrected chi connectivity index (χ2v) is 4.58. The lowest BCUT2D eigenvalue weighted by Crippen LogP contribution is -2.42. The average Bonchev–Trinajstić information content (AvgIpc) is 2.50. The summed E-state index contributed by atoms with van der Waals surface area (Å²) < 4.78 is 19.9. The third-order valence-corrected chi connectivity index (χ3v) is 2.82. The van der Waals surface area contributed by atoms with Gasteiger partial charge in [-0.1, -0.05) is 0 Å². The Balaban J connectivity index is 3.01. The van der Waals surface area contributed by atoms with Gasteiger partial charge >= 0.3 is 17.9 Å². The molecule has 1 aliphatic rings. The highest BCUT2D eigenvalue weighted by atomic mass is 16.6. The summed E-state index contributed by atoms with van der Waals surface area (Å²) in [6.07, 6.45) is 1.28. The van der Waals surface area contributed by atoms with Crippen LogP contribution >= 0.6 is 0 Å². The zero-order valence-electron chi connectivity index (χ0n) is 13.0. The maximum atomic E-state index is 11.2. The molecule has 0 spiro atoms. The van der Waals surface area contributed by atoms with Gasteiger partial charge in [0.1, 0.15) is 12.7 Å². The second-order valence-electron chi connectivity index (χ2n) is 4.58. The summed E-state index contributed by atoms with van der Waals surface area (Å²) in [5, 5.41) is 9.17. The molecule has 8 heteroatoms. The Labute approximate surface area is 133 Å². The van der Waals surface area contributed by atoms with Crippen molar-refractivity contribution in [3.63, 3.8) is 0 Å². The molecule has 0 bridgehead atoms. The average molecular weight is 323 g/mol. The highest BCUT2D eigenvalue weighted by Crippen LogP contribution is 2.23. The van der Waals surface area contributed by atoms with Gasteiger partial charge in [-0.15, -0.1) is 0 Å². The molecule has 23 heavy (non-hydrogen) atoms. The molecule has 0 fully saturated rings. The molecule has 0 aromatic heterocycles. The van der Waals surface area contributed by atoms with Crippen LogP contribution in [0.25, 0.3) is 0 Å². The Morgan fingerprint density at radius 1 is 1.35 bits per heavy atom. The first-order chi connectivity index (χ1) is 10.9. The van der Waals surface area contributed by atoms with E-state index in [1.54, 1.807) is 0 Å². The van der Waals surface area contributed by atoms with E-state index in [-0.39, 0.29) is 6.61 Å². The van der Waals surface area contributed by atoms with Gasteiger partial charge in [-0.3, -0.25) is 9.59 Å². The third-order valence-electron chi connectivity index (χ3n) is 2.82. The first kappa shape index (κ1) is 18.4. The maximum Gasteiger partial charge on any atom is 0.330 e. The Kier molecular flexibility index (Phi) is 6.96. The van der Waals surface area contributed by atoms with E-state index in [1.807, 2.05) is 6.07 Å². The Hall–Kier alpha value is -2.66. The van der Waals surface area contributed by atoms with Crippen molar-refractivity contribution >= 4 is 17.9 Å². The molecular formula is C15H17NO7. The van der Waals surface area contributed by atoms with E-state index in [0.29, 0.717) is 5.57 Å². The molecule has 0 saturated heterocycles. The van der Waals surface area contributed by atoms with Crippen molar-refractivity contribution in [2.45, 2.75) is 32.2 Å². The predicted molar refractivity (Wildman–Crippen MR) is 75.7 cm³/mol. The van der Waals surface area contributed by atoms with Crippen molar-refractivity contribution in [1.29, 1.82) is 5.26 Å². The minimum absolute atomic E-state index is 0.171. The smallest absolute Gasteiger partial charge is 0.330 e. The van der Waals surface area contributed by atoms with Gasteiger partial charge in [0.05, 0.1) is 13.2 Å². The van der Waals surface area contributed by atoms with Crippen molar-refractivity contribution < 1.29 is 33.3 Å². The van der Waals surface area contributed by atoms with Gasteiger partial charge in [-0.25, -0.2) is 4.79 Å². The van der Waals surface area contributed by atoms with Crippen LogP contribution in [0.1, 0.15) is 13.8 Å². The van der Waals surface area contributed by atoms with Gasteiger partial charge in [-0.2, -0.15) is 5.26 Å². The van der Waals surface area contributed by atoms with Crippen molar-refractivity contribution in [1.82, 2.24) is 0 Å². The van der Waals surface area contributed by atoms with Crippen LogP contribution in [-0.4, -0.2) is 49.9 Å². The lowest BCUT2D eigenvalue weighted by atomic mass is 10.0. The summed E-state index contributed by atoms with van der Waals surface area (Å²) in [5.41, 5.74) is 0.336. The molecule has 8 nitrogen and oxygen atoms in total. The van der Waals surface area contributed by atoms with Crippen molar-refractivity contribution in [2.24, 2.45) is 0 Å². The van der Waals surface area contributed by atoms with E-state index in [4.69, 9.17) is 19.5 Å². The molecule has 124 valence electrons.